The number of phenols is 1. The van der Waals surface area contributed by atoms with Crippen molar-refractivity contribution in [3.63, 3.8) is 0 Å². The van der Waals surface area contributed by atoms with Crippen molar-refractivity contribution in [1.29, 1.82) is 0 Å². The van der Waals surface area contributed by atoms with Crippen molar-refractivity contribution in [2.75, 3.05) is 7.11 Å². The molecule has 2 aromatic carbocycles. The van der Waals surface area contributed by atoms with Crippen molar-refractivity contribution in [3.05, 3.63) is 66.6 Å². The van der Waals surface area contributed by atoms with E-state index in [-0.39, 0.29) is 17.0 Å². The van der Waals surface area contributed by atoms with Gasteiger partial charge >= 0.3 is 0 Å². The van der Waals surface area contributed by atoms with Crippen LogP contribution in [0.5, 0.6) is 5.75 Å². The minimum Gasteiger partial charge on any atom is -0.506 e. The highest BCUT2D eigenvalue weighted by atomic mass is 79.9. The molecule has 0 aliphatic heterocycles. The molecular formula is C15H13Br2N3O5. The number of non-ortho nitro benzene ring substituents is 1. The van der Waals surface area contributed by atoms with E-state index in [0.717, 1.165) is 11.6 Å². The molecule has 0 radical (unpaired) electrons. The summed E-state index contributed by atoms with van der Waals surface area (Å²) in [4.78, 5) is 21.9. The summed E-state index contributed by atoms with van der Waals surface area (Å²) in [5, 5.41) is 31.2. The fraction of sp³-hybridized carbons (Fsp3) is 0.0667. The zero-order chi connectivity index (χ0) is 19.0. The van der Waals surface area contributed by atoms with Gasteiger partial charge in [-0.2, -0.15) is 5.10 Å². The average Bonchev–Trinajstić information content (AvgIpc) is 2.60. The summed E-state index contributed by atoms with van der Waals surface area (Å²) in [6, 6.07) is 8.42. The van der Waals surface area contributed by atoms with Crippen LogP contribution in [0.25, 0.3) is 0 Å². The van der Waals surface area contributed by atoms with Gasteiger partial charge in [0, 0.05) is 34.8 Å². The molecule has 1 amide bonds. The molecule has 8 nitrogen and oxygen atoms in total. The van der Waals surface area contributed by atoms with Gasteiger partial charge in [0.1, 0.15) is 5.75 Å². The number of nitrogens with one attached hydrogen (secondary N) is 1. The van der Waals surface area contributed by atoms with Crippen molar-refractivity contribution in [2.45, 2.75) is 0 Å². The lowest BCUT2D eigenvalue weighted by atomic mass is 10.2. The molecule has 0 aromatic heterocycles. The van der Waals surface area contributed by atoms with E-state index >= 15 is 0 Å². The summed E-state index contributed by atoms with van der Waals surface area (Å²) in [5.41, 5.74) is 2.81. The minimum absolute atomic E-state index is 0.0125. The predicted octanol–water partition coefficient (Wildman–Crippen LogP) is 3.20. The molecule has 0 heterocycles. The van der Waals surface area contributed by atoms with Gasteiger partial charge in [-0.3, -0.25) is 14.9 Å². The molecule has 0 bridgehead atoms. The number of hydrogen-bond donors (Lipinski definition) is 3. The third-order valence-electron chi connectivity index (χ3n) is 2.77. The highest BCUT2D eigenvalue weighted by Crippen LogP contribution is 2.30. The Morgan fingerprint density at radius 3 is 2.40 bits per heavy atom. The van der Waals surface area contributed by atoms with Gasteiger partial charge in [-0.05, 0) is 40.2 Å². The average molecular weight is 475 g/mol. The SMILES string of the molecule is CO.O=C(N/N=C/c1cc(Br)cc(Br)c1O)c1ccc([N+](=O)[O-])cc1. The van der Waals surface area contributed by atoms with E-state index in [2.05, 4.69) is 42.4 Å². The molecular weight excluding hydrogens is 462 g/mol. The molecule has 132 valence electrons. The maximum Gasteiger partial charge on any atom is 0.271 e. The lowest BCUT2D eigenvalue weighted by Crippen LogP contribution is -2.17. The largest absolute Gasteiger partial charge is 0.506 e. The molecule has 0 aliphatic rings. The molecule has 10 heteroatoms. The number of nitro benzene ring substituents is 1. The van der Waals surface area contributed by atoms with E-state index in [1.807, 2.05) is 0 Å². The van der Waals surface area contributed by atoms with Crippen LogP contribution in [0.15, 0.2) is 50.4 Å². The second-order valence-corrected chi connectivity index (χ2v) is 6.10. The van der Waals surface area contributed by atoms with Crippen molar-refractivity contribution in [1.82, 2.24) is 5.43 Å². The summed E-state index contributed by atoms with van der Waals surface area (Å²) < 4.78 is 1.21. The summed E-state index contributed by atoms with van der Waals surface area (Å²) in [5.74, 6) is -0.536. The summed E-state index contributed by atoms with van der Waals surface area (Å²) >= 11 is 6.47. The van der Waals surface area contributed by atoms with Crippen LogP contribution in [-0.4, -0.2) is 34.4 Å². The van der Waals surface area contributed by atoms with E-state index in [0.29, 0.717) is 10.0 Å². The number of aromatic hydroxyl groups is 1. The topological polar surface area (TPSA) is 125 Å². The number of amides is 1. The van der Waals surface area contributed by atoms with Crippen LogP contribution < -0.4 is 5.43 Å². The van der Waals surface area contributed by atoms with Crippen molar-refractivity contribution in [3.8, 4) is 5.75 Å². The van der Waals surface area contributed by atoms with Gasteiger partial charge in [0.2, 0.25) is 0 Å². The van der Waals surface area contributed by atoms with E-state index in [9.17, 15) is 20.0 Å². The standard InChI is InChI=1S/C14H9Br2N3O4.CH4O/c15-10-5-9(13(20)12(16)6-10)7-17-18-14(21)8-1-3-11(4-2-8)19(22)23;1-2/h1-7,20H,(H,18,21);2H,1H3/b17-7+;. The summed E-state index contributed by atoms with van der Waals surface area (Å²) in [6.45, 7) is 0. The van der Waals surface area contributed by atoms with Crippen LogP contribution in [0.4, 0.5) is 5.69 Å². The van der Waals surface area contributed by atoms with Crippen LogP contribution in [-0.2, 0) is 0 Å². The first-order chi connectivity index (χ1) is 11.9. The lowest BCUT2D eigenvalue weighted by Gasteiger charge is -2.03. The second-order valence-electron chi connectivity index (χ2n) is 4.33. The lowest BCUT2D eigenvalue weighted by molar-refractivity contribution is -0.384. The number of benzene rings is 2. The van der Waals surface area contributed by atoms with Crippen LogP contribution in [0, 0.1) is 10.1 Å². The normalized spacial score (nSPS) is 10.1. The summed E-state index contributed by atoms with van der Waals surface area (Å²) in [7, 11) is 1.00. The molecule has 0 spiro atoms. The number of aliphatic hydroxyl groups is 1. The smallest absolute Gasteiger partial charge is 0.271 e. The van der Waals surface area contributed by atoms with Crippen LogP contribution >= 0.6 is 31.9 Å². The van der Waals surface area contributed by atoms with Gasteiger partial charge in [0.25, 0.3) is 11.6 Å². The number of hydrazone groups is 1. The fourth-order valence-corrected chi connectivity index (χ4v) is 2.90. The van der Waals surface area contributed by atoms with E-state index < -0.39 is 10.8 Å². The Hall–Kier alpha value is -2.30. The number of phenolic OH excluding ortho intramolecular Hbond substituents is 1. The molecule has 2 rings (SSSR count). The first kappa shape index (κ1) is 20.7. The third-order valence-corrected chi connectivity index (χ3v) is 3.83. The summed E-state index contributed by atoms with van der Waals surface area (Å²) in [6.07, 6.45) is 1.29. The van der Waals surface area contributed by atoms with Crippen molar-refractivity contribution >= 4 is 49.7 Å². The zero-order valence-corrected chi connectivity index (χ0v) is 16.0. The number of rotatable bonds is 4. The molecule has 0 atom stereocenters. The molecule has 0 unspecified atom stereocenters. The van der Waals surface area contributed by atoms with Crippen LogP contribution in [0.1, 0.15) is 15.9 Å². The molecule has 3 N–H and O–H groups in total. The first-order valence-electron chi connectivity index (χ1n) is 6.59. The number of nitrogens with zero attached hydrogens (tertiary/aromatic N) is 2. The number of hydrogen-bond acceptors (Lipinski definition) is 6. The number of nitro groups is 1. The molecule has 0 saturated heterocycles. The highest BCUT2D eigenvalue weighted by molar-refractivity contribution is 9.11. The minimum atomic E-state index is -0.548. The molecule has 0 fully saturated rings. The van der Waals surface area contributed by atoms with Gasteiger partial charge in [-0.15, -0.1) is 0 Å². The molecule has 25 heavy (non-hydrogen) atoms. The number of aliphatic hydroxyl groups excluding tert-OH is 1. The Kier molecular flexibility index (Phi) is 8.19. The van der Waals surface area contributed by atoms with Crippen molar-refractivity contribution < 1.29 is 19.9 Å². The number of halogens is 2. The zero-order valence-electron chi connectivity index (χ0n) is 12.8. The van der Waals surface area contributed by atoms with Gasteiger partial charge in [-0.1, -0.05) is 15.9 Å². The number of carbonyl (C=O) groups excluding carboxylic acids is 1. The Morgan fingerprint density at radius 1 is 1.24 bits per heavy atom. The van der Waals surface area contributed by atoms with Gasteiger partial charge in [0.05, 0.1) is 15.6 Å². The maximum atomic E-state index is 11.9. The van der Waals surface area contributed by atoms with Crippen molar-refractivity contribution in [2.24, 2.45) is 5.10 Å². The van der Waals surface area contributed by atoms with Crippen LogP contribution in [0.2, 0.25) is 0 Å². The first-order valence-corrected chi connectivity index (χ1v) is 8.17. The monoisotopic (exact) mass is 473 g/mol. The van der Waals surface area contributed by atoms with Gasteiger partial charge in [-0.25, -0.2) is 5.43 Å². The Balaban J connectivity index is 0.00000151. The van der Waals surface area contributed by atoms with Gasteiger partial charge < -0.3 is 10.2 Å². The highest BCUT2D eigenvalue weighted by Gasteiger charge is 2.09. The quantitative estimate of drug-likeness (QED) is 0.356. The van der Waals surface area contributed by atoms with Gasteiger partial charge in [0.15, 0.2) is 0 Å². The molecule has 0 saturated carbocycles. The number of carbonyl (C=O) groups is 1. The Labute approximate surface area is 159 Å². The van der Waals surface area contributed by atoms with Crippen LogP contribution in [0.3, 0.4) is 0 Å². The Bertz CT molecular complexity index is 794. The Morgan fingerprint density at radius 2 is 1.84 bits per heavy atom. The second kappa shape index (κ2) is 9.87. The van der Waals surface area contributed by atoms with E-state index in [1.54, 1.807) is 12.1 Å². The fourth-order valence-electron chi connectivity index (χ4n) is 1.64. The molecule has 2 aromatic rings. The maximum absolute atomic E-state index is 11.9. The van der Waals surface area contributed by atoms with E-state index in [4.69, 9.17) is 5.11 Å². The molecule has 0 aliphatic carbocycles. The predicted molar refractivity (Wildman–Crippen MR) is 99.8 cm³/mol. The third kappa shape index (κ3) is 5.93. The van der Waals surface area contributed by atoms with E-state index in [1.165, 1.54) is 30.5 Å².